The van der Waals surface area contributed by atoms with Crippen molar-refractivity contribution in [2.45, 2.75) is 53.9 Å². The van der Waals surface area contributed by atoms with Gasteiger partial charge in [-0.25, -0.2) is 4.79 Å². The molecule has 1 aliphatic rings. The number of ether oxygens (including phenoxy) is 3. The van der Waals surface area contributed by atoms with Crippen LogP contribution in [0.25, 0.3) is 5.57 Å². The fourth-order valence-corrected chi connectivity index (χ4v) is 4.50. The molecule has 5 heteroatoms. The molecule has 1 aromatic rings. The van der Waals surface area contributed by atoms with E-state index in [-0.39, 0.29) is 11.0 Å². The SMILES string of the molecule is COc1ccc(C(C(=O)O)=C(C)C=CC=C(C)C=CC2=C(C)CCCC2(C)C)c(OC)c1OC. The maximum atomic E-state index is 12.2. The molecule has 0 saturated carbocycles. The highest BCUT2D eigenvalue weighted by Gasteiger charge is 2.26. The van der Waals surface area contributed by atoms with Crippen LogP contribution in [0.1, 0.15) is 59.4 Å². The molecule has 1 aliphatic carbocycles. The van der Waals surface area contributed by atoms with Gasteiger partial charge in [-0.05, 0) is 68.7 Å². The molecule has 0 saturated heterocycles. The van der Waals surface area contributed by atoms with E-state index < -0.39 is 5.97 Å². The Bertz CT molecular complexity index is 1060. The molecule has 0 unspecified atom stereocenters. The van der Waals surface area contributed by atoms with E-state index in [0.29, 0.717) is 28.4 Å². The zero-order valence-corrected chi connectivity index (χ0v) is 21.7. The second kappa shape index (κ2) is 11.8. The van der Waals surface area contributed by atoms with Crippen molar-refractivity contribution in [1.82, 2.24) is 0 Å². The molecule has 0 amide bonds. The second-order valence-corrected chi connectivity index (χ2v) is 9.28. The summed E-state index contributed by atoms with van der Waals surface area (Å²) in [5.41, 5.74) is 5.33. The third-order valence-electron chi connectivity index (χ3n) is 6.34. The van der Waals surface area contributed by atoms with Crippen LogP contribution in [-0.4, -0.2) is 32.4 Å². The molecule has 184 valence electrons. The predicted octanol–water partition coefficient (Wildman–Crippen LogP) is 7.16. The number of methoxy groups -OCH3 is 3. The lowest BCUT2D eigenvalue weighted by molar-refractivity contribution is -0.130. The molecule has 2 rings (SSSR count). The summed E-state index contributed by atoms with van der Waals surface area (Å²) in [7, 11) is 4.50. The van der Waals surface area contributed by atoms with Crippen molar-refractivity contribution >= 4 is 11.5 Å². The molecule has 34 heavy (non-hydrogen) atoms. The van der Waals surface area contributed by atoms with Crippen LogP contribution >= 0.6 is 0 Å². The lowest BCUT2D eigenvalue weighted by Crippen LogP contribution is -2.19. The van der Waals surface area contributed by atoms with Crippen LogP contribution < -0.4 is 14.2 Å². The topological polar surface area (TPSA) is 65.0 Å². The fraction of sp³-hybridized carbons (Fsp3) is 0.414. The molecule has 0 bridgehead atoms. The van der Waals surface area contributed by atoms with Gasteiger partial charge in [0.15, 0.2) is 11.5 Å². The van der Waals surface area contributed by atoms with Crippen LogP contribution in [0.4, 0.5) is 0 Å². The van der Waals surface area contributed by atoms with Crippen molar-refractivity contribution in [3.63, 3.8) is 0 Å². The van der Waals surface area contributed by atoms with E-state index in [0.717, 1.165) is 12.0 Å². The Morgan fingerprint density at radius 3 is 2.26 bits per heavy atom. The first-order valence-electron chi connectivity index (χ1n) is 11.5. The summed E-state index contributed by atoms with van der Waals surface area (Å²) in [6.45, 7) is 10.6. The molecule has 0 aromatic heterocycles. The summed E-state index contributed by atoms with van der Waals surface area (Å²) in [6.07, 6.45) is 13.6. The van der Waals surface area contributed by atoms with Crippen LogP contribution in [0.2, 0.25) is 0 Å². The highest BCUT2D eigenvalue weighted by molar-refractivity contribution is 6.18. The third kappa shape index (κ3) is 6.22. The Morgan fingerprint density at radius 1 is 1.03 bits per heavy atom. The molecule has 5 nitrogen and oxygen atoms in total. The Kier molecular flexibility index (Phi) is 9.36. The van der Waals surface area contributed by atoms with Crippen molar-refractivity contribution in [1.29, 1.82) is 0 Å². The summed E-state index contributed by atoms with van der Waals surface area (Å²) >= 11 is 0. The van der Waals surface area contributed by atoms with Crippen molar-refractivity contribution in [3.05, 3.63) is 70.4 Å². The first kappa shape index (κ1) is 27.0. The lowest BCUT2D eigenvalue weighted by Gasteiger charge is -2.32. The molecule has 0 heterocycles. The van der Waals surface area contributed by atoms with Crippen molar-refractivity contribution < 1.29 is 24.1 Å². The van der Waals surface area contributed by atoms with E-state index in [9.17, 15) is 9.90 Å². The molecular formula is C29H38O5. The standard InChI is InChI=1S/C29H38O5/c1-19(14-16-23-20(2)13-10-18-29(23,4)5)11-9-12-21(3)25(28(30)31)22-15-17-24(32-6)27(34-8)26(22)33-7/h9,11-12,14-17H,10,13,18H2,1-8H3,(H,30,31). The van der Waals surface area contributed by atoms with Crippen molar-refractivity contribution in [2.24, 2.45) is 5.41 Å². The minimum Gasteiger partial charge on any atom is -0.493 e. The number of hydrogen-bond donors (Lipinski definition) is 1. The number of carboxylic acids is 1. The van der Waals surface area contributed by atoms with E-state index in [2.05, 4.69) is 32.9 Å². The van der Waals surface area contributed by atoms with E-state index in [4.69, 9.17) is 14.2 Å². The van der Waals surface area contributed by atoms with Gasteiger partial charge >= 0.3 is 5.97 Å². The van der Waals surface area contributed by atoms with Gasteiger partial charge in [-0.15, -0.1) is 0 Å². The van der Waals surface area contributed by atoms with E-state index in [1.807, 2.05) is 19.1 Å². The van der Waals surface area contributed by atoms with Crippen molar-refractivity contribution in [2.75, 3.05) is 21.3 Å². The van der Waals surface area contributed by atoms with Crippen LogP contribution in [0.5, 0.6) is 17.2 Å². The van der Waals surface area contributed by atoms with Gasteiger partial charge in [0.2, 0.25) is 5.75 Å². The number of carbonyl (C=O) groups is 1. The Hall–Kier alpha value is -3.21. The van der Waals surface area contributed by atoms with E-state index in [1.54, 1.807) is 25.1 Å². The summed E-state index contributed by atoms with van der Waals surface area (Å²) in [5.74, 6) is 0.0997. The number of carboxylic acid groups (broad SMARTS) is 1. The molecule has 0 spiro atoms. The third-order valence-corrected chi connectivity index (χ3v) is 6.34. The molecular weight excluding hydrogens is 428 g/mol. The molecule has 1 N–H and O–H groups in total. The average molecular weight is 467 g/mol. The van der Waals surface area contributed by atoms with E-state index >= 15 is 0 Å². The predicted molar refractivity (Wildman–Crippen MR) is 139 cm³/mol. The fourth-order valence-electron chi connectivity index (χ4n) is 4.50. The Labute approximate surface area is 204 Å². The summed E-state index contributed by atoms with van der Waals surface area (Å²) in [6, 6.07) is 3.35. The minimum atomic E-state index is -1.05. The monoisotopic (exact) mass is 466 g/mol. The van der Waals surface area contributed by atoms with Gasteiger partial charge in [-0.2, -0.15) is 0 Å². The highest BCUT2D eigenvalue weighted by atomic mass is 16.5. The number of benzene rings is 1. The van der Waals surface area contributed by atoms with Gasteiger partial charge in [0.05, 0.1) is 26.9 Å². The van der Waals surface area contributed by atoms with Gasteiger partial charge in [-0.3, -0.25) is 0 Å². The van der Waals surface area contributed by atoms with Gasteiger partial charge in [0.25, 0.3) is 0 Å². The van der Waals surface area contributed by atoms with Gasteiger partial charge in [0.1, 0.15) is 0 Å². The lowest BCUT2D eigenvalue weighted by atomic mass is 9.72. The highest BCUT2D eigenvalue weighted by Crippen LogP contribution is 2.43. The smallest absolute Gasteiger partial charge is 0.336 e. The first-order valence-corrected chi connectivity index (χ1v) is 11.5. The molecule has 0 aliphatic heterocycles. The number of allylic oxidation sites excluding steroid dienone is 9. The maximum Gasteiger partial charge on any atom is 0.336 e. The summed E-state index contributed by atoms with van der Waals surface area (Å²) in [5, 5.41) is 9.97. The normalized spacial score (nSPS) is 17.2. The van der Waals surface area contributed by atoms with Gasteiger partial charge in [-0.1, -0.05) is 55.4 Å². The van der Waals surface area contributed by atoms with Crippen LogP contribution in [-0.2, 0) is 4.79 Å². The first-order chi connectivity index (χ1) is 16.1. The quantitative estimate of drug-likeness (QED) is 0.309. The number of rotatable bonds is 9. The largest absolute Gasteiger partial charge is 0.493 e. The van der Waals surface area contributed by atoms with Crippen molar-refractivity contribution in [3.8, 4) is 17.2 Å². The molecule has 0 fully saturated rings. The average Bonchev–Trinajstić information content (AvgIpc) is 2.77. The van der Waals surface area contributed by atoms with Crippen LogP contribution in [0.3, 0.4) is 0 Å². The summed E-state index contributed by atoms with van der Waals surface area (Å²) < 4.78 is 16.2. The zero-order chi connectivity index (χ0) is 25.5. The van der Waals surface area contributed by atoms with Gasteiger partial charge in [0, 0.05) is 5.56 Å². The van der Waals surface area contributed by atoms with Crippen LogP contribution in [0.15, 0.2) is 64.8 Å². The Balaban J connectivity index is 2.38. The molecule has 0 radical (unpaired) electrons. The summed E-state index contributed by atoms with van der Waals surface area (Å²) in [4.78, 5) is 12.2. The number of hydrogen-bond acceptors (Lipinski definition) is 4. The number of aliphatic carboxylic acids is 1. The zero-order valence-electron chi connectivity index (χ0n) is 21.7. The molecule has 0 atom stereocenters. The van der Waals surface area contributed by atoms with E-state index in [1.165, 1.54) is 45.3 Å². The maximum absolute atomic E-state index is 12.2. The second-order valence-electron chi connectivity index (χ2n) is 9.28. The minimum absolute atomic E-state index is 0.139. The van der Waals surface area contributed by atoms with Gasteiger partial charge < -0.3 is 19.3 Å². The van der Waals surface area contributed by atoms with Crippen LogP contribution in [0, 0.1) is 5.41 Å². The Morgan fingerprint density at radius 2 is 1.71 bits per heavy atom. The molecule has 1 aromatic carbocycles.